The zero-order chi connectivity index (χ0) is 13.0. The van der Waals surface area contributed by atoms with Crippen LogP contribution in [-0.2, 0) is 6.54 Å². The summed E-state index contributed by atoms with van der Waals surface area (Å²) < 4.78 is 5.36. The van der Waals surface area contributed by atoms with Crippen LogP contribution in [0.3, 0.4) is 0 Å². The third-order valence-electron chi connectivity index (χ3n) is 3.39. The number of nitrogen functional groups attached to an aromatic ring is 1. The van der Waals surface area contributed by atoms with Gasteiger partial charge in [-0.15, -0.1) is 0 Å². The molecule has 1 aromatic rings. The SMILES string of the molecule is COc1cc(N)ccc1CN(C)C(C)C(C)C. The lowest BCUT2D eigenvalue weighted by molar-refractivity contribution is 0.198. The zero-order valence-electron chi connectivity index (χ0n) is 11.5. The Morgan fingerprint density at radius 1 is 1.29 bits per heavy atom. The number of hydrogen-bond donors (Lipinski definition) is 1. The van der Waals surface area contributed by atoms with Crippen LogP contribution in [0.2, 0.25) is 0 Å². The largest absolute Gasteiger partial charge is 0.496 e. The number of rotatable bonds is 5. The van der Waals surface area contributed by atoms with E-state index in [1.807, 2.05) is 18.2 Å². The molecule has 0 saturated heterocycles. The monoisotopic (exact) mass is 236 g/mol. The predicted octanol–water partition coefficient (Wildman–Crippen LogP) is 2.75. The molecule has 2 N–H and O–H groups in total. The fourth-order valence-electron chi connectivity index (χ4n) is 1.81. The van der Waals surface area contributed by atoms with E-state index in [-0.39, 0.29) is 0 Å². The molecule has 0 aliphatic heterocycles. The molecule has 3 nitrogen and oxygen atoms in total. The van der Waals surface area contributed by atoms with Crippen LogP contribution >= 0.6 is 0 Å². The fourth-order valence-corrected chi connectivity index (χ4v) is 1.81. The first-order valence-corrected chi connectivity index (χ1v) is 6.08. The van der Waals surface area contributed by atoms with Gasteiger partial charge in [0.05, 0.1) is 7.11 Å². The maximum absolute atomic E-state index is 5.75. The number of anilines is 1. The van der Waals surface area contributed by atoms with Crippen molar-refractivity contribution in [3.05, 3.63) is 23.8 Å². The molecule has 0 fully saturated rings. The van der Waals surface area contributed by atoms with Crippen molar-refractivity contribution in [2.75, 3.05) is 19.9 Å². The topological polar surface area (TPSA) is 38.5 Å². The van der Waals surface area contributed by atoms with Crippen LogP contribution in [0.15, 0.2) is 18.2 Å². The van der Waals surface area contributed by atoms with Crippen molar-refractivity contribution in [2.45, 2.75) is 33.4 Å². The Morgan fingerprint density at radius 3 is 2.47 bits per heavy atom. The van der Waals surface area contributed by atoms with Gasteiger partial charge < -0.3 is 10.5 Å². The van der Waals surface area contributed by atoms with Gasteiger partial charge in [-0.3, -0.25) is 4.90 Å². The van der Waals surface area contributed by atoms with Crippen LogP contribution in [-0.4, -0.2) is 25.1 Å². The molecular weight excluding hydrogens is 212 g/mol. The number of methoxy groups -OCH3 is 1. The summed E-state index contributed by atoms with van der Waals surface area (Å²) in [5.74, 6) is 1.51. The molecule has 17 heavy (non-hydrogen) atoms. The molecule has 1 atom stereocenters. The lowest BCUT2D eigenvalue weighted by atomic mass is 10.0. The van der Waals surface area contributed by atoms with Crippen molar-refractivity contribution >= 4 is 5.69 Å². The molecule has 1 rings (SSSR count). The highest BCUT2D eigenvalue weighted by molar-refractivity contribution is 5.48. The van der Waals surface area contributed by atoms with Crippen molar-refractivity contribution in [3.8, 4) is 5.75 Å². The number of nitrogens with zero attached hydrogens (tertiary/aromatic N) is 1. The molecule has 0 aliphatic rings. The van der Waals surface area contributed by atoms with Crippen molar-refractivity contribution in [1.82, 2.24) is 4.90 Å². The Labute approximate surface area is 105 Å². The van der Waals surface area contributed by atoms with Crippen LogP contribution in [0.1, 0.15) is 26.3 Å². The lowest BCUT2D eigenvalue weighted by Gasteiger charge is -2.28. The highest BCUT2D eigenvalue weighted by atomic mass is 16.5. The predicted molar refractivity (Wildman–Crippen MR) is 73.2 cm³/mol. The maximum atomic E-state index is 5.75. The smallest absolute Gasteiger partial charge is 0.125 e. The highest BCUT2D eigenvalue weighted by Gasteiger charge is 2.15. The van der Waals surface area contributed by atoms with Gasteiger partial charge in [0.1, 0.15) is 5.75 Å². The molecule has 0 spiro atoms. The number of ether oxygens (including phenoxy) is 1. The van der Waals surface area contributed by atoms with Crippen molar-refractivity contribution in [3.63, 3.8) is 0 Å². The Bertz CT molecular complexity index is 363. The van der Waals surface area contributed by atoms with Gasteiger partial charge in [0.15, 0.2) is 0 Å². The van der Waals surface area contributed by atoms with Crippen LogP contribution in [0.4, 0.5) is 5.69 Å². The fraction of sp³-hybridized carbons (Fsp3) is 0.571. The van der Waals surface area contributed by atoms with E-state index in [1.54, 1.807) is 7.11 Å². The third kappa shape index (κ3) is 3.63. The molecule has 96 valence electrons. The summed E-state index contributed by atoms with van der Waals surface area (Å²) in [6, 6.07) is 6.38. The van der Waals surface area contributed by atoms with Gasteiger partial charge in [-0.1, -0.05) is 19.9 Å². The standard InChI is InChI=1S/C14H24N2O/c1-10(2)11(3)16(4)9-12-6-7-13(15)8-14(12)17-5/h6-8,10-11H,9,15H2,1-5H3. The summed E-state index contributed by atoms with van der Waals surface area (Å²) in [5.41, 5.74) is 7.67. The zero-order valence-corrected chi connectivity index (χ0v) is 11.5. The average molecular weight is 236 g/mol. The minimum absolute atomic E-state index is 0.539. The molecule has 0 bridgehead atoms. The van der Waals surface area contributed by atoms with Crippen LogP contribution < -0.4 is 10.5 Å². The number of benzene rings is 1. The Morgan fingerprint density at radius 2 is 1.94 bits per heavy atom. The van der Waals surface area contributed by atoms with Crippen molar-refractivity contribution in [2.24, 2.45) is 5.92 Å². The van der Waals surface area contributed by atoms with E-state index in [2.05, 4.69) is 32.7 Å². The molecule has 0 amide bonds. The first kappa shape index (κ1) is 13.8. The van der Waals surface area contributed by atoms with E-state index in [1.165, 1.54) is 5.56 Å². The van der Waals surface area contributed by atoms with Gasteiger partial charge in [0.2, 0.25) is 0 Å². The molecular formula is C14H24N2O. The third-order valence-corrected chi connectivity index (χ3v) is 3.39. The summed E-state index contributed by atoms with van der Waals surface area (Å²) >= 11 is 0. The van der Waals surface area contributed by atoms with E-state index in [4.69, 9.17) is 10.5 Å². The van der Waals surface area contributed by atoms with Gasteiger partial charge in [0.25, 0.3) is 0 Å². The minimum atomic E-state index is 0.539. The molecule has 3 heteroatoms. The van der Waals surface area contributed by atoms with Gasteiger partial charge in [0, 0.05) is 29.9 Å². The molecule has 1 aromatic carbocycles. The maximum Gasteiger partial charge on any atom is 0.125 e. The molecule has 0 saturated carbocycles. The second kappa shape index (κ2) is 5.92. The molecule has 0 radical (unpaired) electrons. The Kier molecular flexibility index (Phi) is 4.82. The van der Waals surface area contributed by atoms with Gasteiger partial charge in [-0.05, 0) is 26.0 Å². The van der Waals surface area contributed by atoms with E-state index in [9.17, 15) is 0 Å². The molecule has 1 unspecified atom stereocenters. The summed E-state index contributed by atoms with van der Waals surface area (Å²) in [6.07, 6.45) is 0. The summed E-state index contributed by atoms with van der Waals surface area (Å²) in [6.45, 7) is 7.60. The summed E-state index contributed by atoms with van der Waals surface area (Å²) in [5, 5.41) is 0. The minimum Gasteiger partial charge on any atom is -0.496 e. The van der Waals surface area contributed by atoms with Crippen LogP contribution in [0.5, 0.6) is 5.75 Å². The second-order valence-electron chi connectivity index (χ2n) is 4.97. The van der Waals surface area contributed by atoms with Crippen LogP contribution in [0.25, 0.3) is 0 Å². The van der Waals surface area contributed by atoms with E-state index < -0.39 is 0 Å². The summed E-state index contributed by atoms with van der Waals surface area (Å²) in [4.78, 5) is 2.33. The second-order valence-corrected chi connectivity index (χ2v) is 4.97. The van der Waals surface area contributed by atoms with Crippen molar-refractivity contribution < 1.29 is 4.74 Å². The lowest BCUT2D eigenvalue weighted by Crippen LogP contribution is -2.32. The Balaban J connectivity index is 2.80. The van der Waals surface area contributed by atoms with Crippen LogP contribution in [0, 0.1) is 5.92 Å². The van der Waals surface area contributed by atoms with E-state index >= 15 is 0 Å². The van der Waals surface area contributed by atoms with Gasteiger partial charge >= 0.3 is 0 Å². The summed E-state index contributed by atoms with van der Waals surface area (Å²) in [7, 11) is 3.82. The molecule has 0 aliphatic carbocycles. The quantitative estimate of drug-likeness (QED) is 0.799. The van der Waals surface area contributed by atoms with Gasteiger partial charge in [-0.2, -0.15) is 0 Å². The highest BCUT2D eigenvalue weighted by Crippen LogP contribution is 2.23. The first-order valence-electron chi connectivity index (χ1n) is 6.08. The average Bonchev–Trinajstić information content (AvgIpc) is 2.30. The van der Waals surface area contributed by atoms with Gasteiger partial charge in [-0.25, -0.2) is 0 Å². The number of hydrogen-bond acceptors (Lipinski definition) is 3. The van der Waals surface area contributed by atoms with E-state index in [0.717, 1.165) is 18.0 Å². The van der Waals surface area contributed by atoms with E-state index in [0.29, 0.717) is 12.0 Å². The Hall–Kier alpha value is -1.22. The van der Waals surface area contributed by atoms with Crippen molar-refractivity contribution in [1.29, 1.82) is 0 Å². The number of nitrogens with two attached hydrogens (primary N) is 1. The normalized spacial score (nSPS) is 13.1. The first-order chi connectivity index (χ1) is 7.95. The molecule has 0 aromatic heterocycles. The molecule has 0 heterocycles.